The quantitative estimate of drug-likeness (QED) is 0.531. The molecule has 2 amide bonds. The summed E-state index contributed by atoms with van der Waals surface area (Å²) in [7, 11) is 0. The minimum Gasteiger partial charge on any atom is -0.366 e. The molecule has 2 aromatic carbocycles. The van der Waals surface area contributed by atoms with Crippen LogP contribution in [0, 0.1) is 5.92 Å². The molecule has 2 heterocycles. The van der Waals surface area contributed by atoms with Crippen LogP contribution in [0.5, 0.6) is 0 Å². The number of carbonyl (C=O) groups is 2. The van der Waals surface area contributed by atoms with Crippen molar-refractivity contribution in [3.63, 3.8) is 0 Å². The molecule has 0 bridgehead atoms. The summed E-state index contributed by atoms with van der Waals surface area (Å²) in [5.74, 6) is -0.546. The van der Waals surface area contributed by atoms with E-state index in [0.717, 1.165) is 29.1 Å². The summed E-state index contributed by atoms with van der Waals surface area (Å²) in [5.41, 5.74) is 8.11. The van der Waals surface area contributed by atoms with E-state index in [1.165, 1.54) is 12.1 Å². The van der Waals surface area contributed by atoms with Gasteiger partial charge >= 0.3 is 6.18 Å². The Morgan fingerprint density at radius 3 is 2.57 bits per heavy atom. The van der Waals surface area contributed by atoms with E-state index in [1.807, 2.05) is 17.2 Å². The van der Waals surface area contributed by atoms with Gasteiger partial charge in [0.2, 0.25) is 11.8 Å². The molecular formula is C25H26F3N5O2. The highest BCUT2D eigenvalue weighted by molar-refractivity contribution is 5.92. The number of nitrogens with one attached hydrogen (secondary N) is 1. The molecule has 0 radical (unpaired) electrons. The van der Waals surface area contributed by atoms with Crippen molar-refractivity contribution in [2.24, 2.45) is 11.7 Å². The highest BCUT2D eigenvalue weighted by atomic mass is 19.4. The molecule has 1 aromatic heterocycles. The number of anilines is 2. The third kappa shape index (κ3) is 5.64. The number of fused-ring (bicyclic) bond motifs is 1. The molecule has 0 spiro atoms. The van der Waals surface area contributed by atoms with Gasteiger partial charge in [0.05, 0.1) is 23.5 Å². The summed E-state index contributed by atoms with van der Waals surface area (Å²) >= 11 is 0. The first kappa shape index (κ1) is 24.3. The molecule has 0 fully saturated rings. The lowest BCUT2D eigenvalue weighted by molar-refractivity contribution is -0.137. The monoisotopic (exact) mass is 485 g/mol. The number of amides is 2. The molecule has 3 N–H and O–H groups in total. The Morgan fingerprint density at radius 1 is 1.17 bits per heavy atom. The topological polar surface area (TPSA) is 93.2 Å². The maximum Gasteiger partial charge on any atom is 0.416 e. The van der Waals surface area contributed by atoms with Crippen LogP contribution in [0.3, 0.4) is 0 Å². The highest BCUT2D eigenvalue weighted by Crippen LogP contribution is 2.37. The Bertz CT molecular complexity index is 1220. The van der Waals surface area contributed by atoms with Crippen molar-refractivity contribution in [2.75, 3.05) is 18.0 Å². The van der Waals surface area contributed by atoms with Crippen LogP contribution in [0.2, 0.25) is 0 Å². The van der Waals surface area contributed by atoms with E-state index in [1.54, 1.807) is 29.8 Å². The molecule has 1 aliphatic heterocycles. The molecular weight excluding hydrogens is 459 g/mol. The summed E-state index contributed by atoms with van der Waals surface area (Å²) < 4.78 is 40.9. The number of alkyl halides is 3. The highest BCUT2D eigenvalue weighted by Gasteiger charge is 2.32. The van der Waals surface area contributed by atoms with Crippen molar-refractivity contribution in [1.29, 1.82) is 0 Å². The predicted octanol–water partition coefficient (Wildman–Crippen LogP) is 3.89. The first-order valence-corrected chi connectivity index (χ1v) is 11.3. The van der Waals surface area contributed by atoms with Crippen molar-refractivity contribution in [3.8, 4) is 0 Å². The molecule has 0 saturated heterocycles. The third-order valence-corrected chi connectivity index (χ3v) is 6.00. The lowest BCUT2D eigenvalue weighted by atomic mass is 9.96. The van der Waals surface area contributed by atoms with Gasteiger partial charge in [0.1, 0.15) is 0 Å². The average molecular weight is 486 g/mol. The number of hydrogen-bond donors (Lipinski definition) is 2. The number of rotatable bonds is 7. The van der Waals surface area contributed by atoms with Gasteiger partial charge in [0.25, 0.3) is 0 Å². The number of halogens is 3. The third-order valence-electron chi connectivity index (χ3n) is 6.00. The summed E-state index contributed by atoms with van der Waals surface area (Å²) in [6, 6.07) is 12.0. The summed E-state index contributed by atoms with van der Waals surface area (Å²) in [6.45, 7) is 3.13. The zero-order valence-electron chi connectivity index (χ0n) is 19.2. The molecule has 0 aliphatic carbocycles. The maximum absolute atomic E-state index is 13.1. The number of primary amides is 1. The van der Waals surface area contributed by atoms with Gasteiger partial charge in [-0.15, -0.1) is 0 Å². The van der Waals surface area contributed by atoms with Gasteiger partial charge < -0.3 is 16.0 Å². The normalized spacial score (nSPS) is 15.5. The molecule has 7 nitrogen and oxygen atoms in total. The smallest absolute Gasteiger partial charge is 0.366 e. The number of nitrogens with two attached hydrogens (primary N) is 1. The fraction of sp³-hybridized carbons (Fsp3) is 0.320. The van der Waals surface area contributed by atoms with Crippen LogP contribution in [-0.4, -0.2) is 34.7 Å². The van der Waals surface area contributed by atoms with E-state index in [0.29, 0.717) is 43.7 Å². The van der Waals surface area contributed by atoms with E-state index in [2.05, 4.69) is 5.32 Å². The fourth-order valence-corrected chi connectivity index (χ4v) is 4.20. The van der Waals surface area contributed by atoms with Gasteiger partial charge in [-0.1, -0.05) is 19.1 Å². The van der Waals surface area contributed by atoms with E-state index < -0.39 is 17.6 Å². The number of hydrogen-bond acceptors (Lipinski definition) is 4. The molecule has 3 aromatic rings. The van der Waals surface area contributed by atoms with Gasteiger partial charge in [-0.05, 0) is 54.3 Å². The minimum atomic E-state index is -4.41. The average Bonchev–Trinajstić information content (AvgIpc) is 3.23. The Labute approximate surface area is 200 Å². The molecule has 0 saturated carbocycles. The van der Waals surface area contributed by atoms with Gasteiger partial charge in [0, 0.05) is 37.0 Å². The Kier molecular flexibility index (Phi) is 6.81. The Balaban J connectivity index is 1.63. The lowest BCUT2D eigenvalue weighted by Gasteiger charge is -2.33. The van der Waals surface area contributed by atoms with Crippen molar-refractivity contribution < 1.29 is 22.8 Å². The van der Waals surface area contributed by atoms with Crippen LogP contribution < -0.4 is 16.0 Å². The number of benzene rings is 2. The fourth-order valence-electron chi connectivity index (χ4n) is 4.20. The second-order valence-corrected chi connectivity index (χ2v) is 8.61. The van der Waals surface area contributed by atoms with Crippen LogP contribution in [0.4, 0.5) is 24.5 Å². The van der Waals surface area contributed by atoms with Crippen molar-refractivity contribution in [3.05, 3.63) is 77.1 Å². The van der Waals surface area contributed by atoms with Gasteiger partial charge in [-0.2, -0.15) is 18.3 Å². The van der Waals surface area contributed by atoms with E-state index >= 15 is 0 Å². The summed E-state index contributed by atoms with van der Waals surface area (Å²) in [4.78, 5) is 25.2. The van der Waals surface area contributed by atoms with Crippen LogP contribution in [-0.2, 0) is 23.9 Å². The first-order chi connectivity index (χ1) is 16.6. The molecule has 1 unspecified atom stereocenters. The van der Waals surface area contributed by atoms with E-state index in [-0.39, 0.29) is 11.8 Å². The van der Waals surface area contributed by atoms with Crippen LogP contribution in [0.15, 0.2) is 54.7 Å². The van der Waals surface area contributed by atoms with Crippen molar-refractivity contribution in [1.82, 2.24) is 15.1 Å². The molecule has 184 valence electrons. The van der Waals surface area contributed by atoms with Crippen molar-refractivity contribution in [2.45, 2.75) is 32.5 Å². The van der Waals surface area contributed by atoms with Gasteiger partial charge in [-0.3, -0.25) is 14.3 Å². The molecule has 4 rings (SSSR count). The van der Waals surface area contributed by atoms with Gasteiger partial charge in [0.15, 0.2) is 0 Å². The summed E-state index contributed by atoms with van der Waals surface area (Å²) in [6.07, 6.45) is -1.57. The molecule has 10 heteroatoms. The standard InChI is InChI=1S/C25H26F3N5O2/c1-2-23(34)30-12-17-11-21-22(33(14-17)20-8-6-19(7-9-20)25(26,27)28)15-32(31-21)13-16-4-3-5-18(10-16)24(29)35/h3-10,15,17H,2,11-14H2,1H3,(H2,29,35)(H,30,34). The first-order valence-electron chi connectivity index (χ1n) is 11.3. The zero-order valence-corrected chi connectivity index (χ0v) is 19.2. The van der Waals surface area contributed by atoms with E-state index in [4.69, 9.17) is 10.8 Å². The second kappa shape index (κ2) is 9.81. The Hall–Kier alpha value is -3.82. The van der Waals surface area contributed by atoms with Gasteiger partial charge in [-0.25, -0.2) is 0 Å². The van der Waals surface area contributed by atoms with Crippen LogP contribution in [0.25, 0.3) is 0 Å². The maximum atomic E-state index is 13.1. The predicted molar refractivity (Wildman–Crippen MR) is 125 cm³/mol. The summed E-state index contributed by atoms with van der Waals surface area (Å²) in [5, 5.41) is 7.62. The van der Waals surface area contributed by atoms with Crippen molar-refractivity contribution >= 4 is 23.2 Å². The largest absolute Gasteiger partial charge is 0.416 e. The number of carbonyl (C=O) groups excluding carboxylic acids is 2. The Morgan fingerprint density at radius 2 is 1.91 bits per heavy atom. The van der Waals surface area contributed by atoms with E-state index in [9.17, 15) is 22.8 Å². The van der Waals surface area contributed by atoms with Crippen LogP contribution in [0.1, 0.15) is 40.5 Å². The number of aromatic nitrogens is 2. The molecule has 35 heavy (non-hydrogen) atoms. The molecule has 1 atom stereocenters. The molecule has 1 aliphatic rings. The number of nitrogens with zero attached hydrogens (tertiary/aromatic N) is 3. The zero-order chi connectivity index (χ0) is 25.2. The minimum absolute atomic E-state index is 0.0295. The lowest BCUT2D eigenvalue weighted by Crippen LogP contribution is -2.39. The SMILES string of the molecule is CCC(=O)NCC1Cc2nn(Cc3cccc(C(N)=O)c3)cc2N(c2ccc(C(F)(F)F)cc2)C1. The van der Waals surface area contributed by atoms with Crippen LogP contribution >= 0.6 is 0 Å². The second-order valence-electron chi connectivity index (χ2n) is 8.61.